The first-order valence-electron chi connectivity index (χ1n) is 17.1. The first-order valence-corrected chi connectivity index (χ1v) is 17.1. The lowest BCUT2D eigenvalue weighted by Gasteiger charge is -2.40. The SMILES string of the molecule is CC(C)(C)c1cc(-c2ccc(N(c3ccccc3)c3ccccc3)cc2)c2c(c1)C1(c3ccccc3Oc3ccccc31)c1ccccc1-2. The highest BCUT2D eigenvalue weighted by Crippen LogP contribution is 2.63. The average molecular weight is 632 g/mol. The molecule has 0 saturated heterocycles. The van der Waals surface area contributed by atoms with Crippen LogP contribution in [0.25, 0.3) is 22.3 Å². The minimum atomic E-state index is -0.509. The van der Waals surface area contributed by atoms with Crippen molar-refractivity contribution in [3.63, 3.8) is 0 Å². The van der Waals surface area contributed by atoms with Crippen LogP contribution in [-0.2, 0) is 10.8 Å². The predicted molar refractivity (Wildman–Crippen MR) is 203 cm³/mol. The largest absolute Gasteiger partial charge is 0.457 e. The topological polar surface area (TPSA) is 12.5 Å². The minimum Gasteiger partial charge on any atom is -0.457 e. The monoisotopic (exact) mass is 631 g/mol. The molecular weight excluding hydrogens is 595 g/mol. The zero-order valence-electron chi connectivity index (χ0n) is 28.0. The van der Waals surface area contributed by atoms with Gasteiger partial charge >= 0.3 is 0 Å². The zero-order chi connectivity index (χ0) is 33.2. The summed E-state index contributed by atoms with van der Waals surface area (Å²) in [6, 6.07) is 61.5. The van der Waals surface area contributed by atoms with Crippen molar-refractivity contribution < 1.29 is 4.74 Å². The molecule has 0 radical (unpaired) electrons. The van der Waals surface area contributed by atoms with Gasteiger partial charge in [-0.25, -0.2) is 0 Å². The normalized spacial score (nSPS) is 13.5. The van der Waals surface area contributed by atoms with E-state index in [4.69, 9.17) is 4.74 Å². The van der Waals surface area contributed by atoms with Crippen LogP contribution in [0.3, 0.4) is 0 Å². The molecule has 2 heteroatoms. The Balaban J connectivity index is 1.31. The van der Waals surface area contributed by atoms with Crippen molar-refractivity contribution >= 4 is 17.1 Å². The minimum absolute atomic E-state index is 0.0681. The second-order valence-corrected chi connectivity index (χ2v) is 14.1. The molecule has 0 aromatic heterocycles. The first kappa shape index (κ1) is 29.3. The van der Waals surface area contributed by atoms with Crippen LogP contribution in [-0.4, -0.2) is 0 Å². The summed E-state index contributed by atoms with van der Waals surface area (Å²) in [6.07, 6.45) is 0. The van der Waals surface area contributed by atoms with Crippen molar-refractivity contribution in [2.24, 2.45) is 0 Å². The number of rotatable bonds is 4. The molecule has 7 aromatic rings. The summed E-state index contributed by atoms with van der Waals surface area (Å²) >= 11 is 0. The fourth-order valence-electron chi connectivity index (χ4n) is 8.03. The van der Waals surface area contributed by atoms with Crippen molar-refractivity contribution in [3.05, 3.63) is 198 Å². The summed E-state index contributed by atoms with van der Waals surface area (Å²) in [5, 5.41) is 0. The quantitative estimate of drug-likeness (QED) is 0.192. The highest BCUT2D eigenvalue weighted by molar-refractivity contribution is 5.97. The van der Waals surface area contributed by atoms with Crippen LogP contribution in [0.2, 0.25) is 0 Å². The molecule has 1 aliphatic heterocycles. The number of nitrogens with zero attached hydrogens (tertiary/aromatic N) is 1. The Morgan fingerprint density at radius 1 is 0.449 bits per heavy atom. The van der Waals surface area contributed by atoms with Gasteiger partial charge in [0.25, 0.3) is 0 Å². The maximum absolute atomic E-state index is 6.61. The van der Waals surface area contributed by atoms with Gasteiger partial charge in [0.1, 0.15) is 11.5 Å². The first-order chi connectivity index (χ1) is 23.9. The molecule has 0 bridgehead atoms. The molecule has 49 heavy (non-hydrogen) atoms. The highest BCUT2D eigenvalue weighted by Gasteiger charge is 2.52. The van der Waals surface area contributed by atoms with Crippen molar-refractivity contribution in [1.82, 2.24) is 0 Å². The zero-order valence-corrected chi connectivity index (χ0v) is 28.0. The lowest BCUT2D eigenvalue weighted by Crippen LogP contribution is -2.32. The summed E-state index contributed by atoms with van der Waals surface area (Å²) < 4.78 is 6.61. The third-order valence-electron chi connectivity index (χ3n) is 10.3. The van der Waals surface area contributed by atoms with Crippen LogP contribution in [0, 0.1) is 0 Å². The van der Waals surface area contributed by atoms with Crippen LogP contribution < -0.4 is 9.64 Å². The number of para-hydroxylation sites is 4. The Hall–Kier alpha value is -5.86. The van der Waals surface area contributed by atoms with Gasteiger partial charge in [-0.05, 0) is 99.0 Å². The summed E-state index contributed by atoms with van der Waals surface area (Å²) in [6.45, 7) is 6.96. The molecule has 0 amide bonds. The fraction of sp³-hybridized carbons (Fsp3) is 0.106. The predicted octanol–water partition coefficient (Wildman–Crippen LogP) is 12.6. The lowest BCUT2D eigenvalue weighted by molar-refractivity contribution is 0.436. The molecule has 236 valence electrons. The summed E-state index contributed by atoms with van der Waals surface area (Å²) in [5.41, 5.74) is 14.1. The molecular formula is C47H37NO. The van der Waals surface area contributed by atoms with Gasteiger partial charge in [-0.2, -0.15) is 0 Å². The van der Waals surface area contributed by atoms with Gasteiger partial charge in [-0.1, -0.05) is 136 Å². The van der Waals surface area contributed by atoms with E-state index in [0.717, 1.165) is 28.6 Å². The third-order valence-corrected chi connectivity index (χ3v) is 10.3. The Kier molecular flexibility index (Phi) is 6.64. The van der Waals surface area contributed by atoms with Crippen molar-refractivity contribution in [3.8, 4) is 33.8 Å². The van der Waals surface area contributed by atoms with Crippen molar-refractivity contribution in [1.29, 1.82) is 0 Å². The van der Waals surface area contributed by atoms with E-state index in [0.29, 0.717) is 0 Å². The second kappa shape index (κ2) is 11.1. The molecule has 1 spiro atoms. The smallest absolute Gasteiger partial charge is 0.132 e. The van der Waals surface area contributed by atoms with E-state index < -0.39 is 5.41 Å². The van der Waals surface area contributed by atoms with Gasteiger partial charge < -0.3 is 9.64 Å². The van der Waals surface area contributed by atoms with E-state index >= 15 is 0 Å². The van der Waals surface area contributed by atoms with Crippen LogP contribution in [0.4, 0.5) is 17.1 Å². The highest BCUT2D eigenvalue weighted by atomic mass is 16.5. The van der Waals surface area contributed by atoms with Gasteiger partial charge in [-0.3, -0.25) is 0 Å². The summed E-state index contributed by atoms with van der Waals surface area (Å²) in [5.74, 6) is 1.83. The fourth-order valence-corrected chi connectivity index (χ4v) is 8.03. The lowest BCUT2D eigenvalue weighted by atomic mass is 9.65. The van der Waals surface area contributed by atoms with Gasteiger partial charge in [-0.15, -0.1) is 0 Å². The summed E-state index contributed by atoms with van der Waals surface area (Å²) in [4.78, 5) is 2.32. The molecule has 2 aliphatic rings. The number of fused-ring (bicyclic) bond motifs is 9. The Morgan fingerprint density at radius 2 is 0.939 bits per heavy atom. The van der Waals surface area contributed by atoms with Gasteiger partial charge in [0, 0.05) is 28.2 Å². The van der Waals surface area contributed by atoms with E-state index in [9.17, 15) is 0 Å². The number of anilines is 3. The molecule has 2 nitrogen and oxygen atoms in total. The number of hydrogen-bond acceptors (Lipinski definition) is 2. The van der Waals surface area contributed by atoms with Crippen LogP contribution in [0.5, 0.6) is 11.5 Å². The molecule has 0 saturated carbocycles. The van der Waals surface area contributed by atoms with Gasteiger partial charge in [0.2, 0.25) is 0 Å². The van der Waals surface area contributed by atoms with E-state index in [1.807, 2.05) is 0 Å². The second-order valence-electron chi connectivity index (χ2n) is 14.1. The van der Waals surface area contributed by atoms with Gasteiger partial charge in [0.15, 0.2) is 0 Å². The molecule has 0 fully saturated rings. The molecule has 1 heterocycles. The maximum Gasteiger partial charge on any atom is 0.132 e. The molecule has 0 unspecified atom stereocenters. The van der Waals surface area contributed by atoms with Crippen molar-refractivity contribution in [2.75, 3.05) is 4.90 Å². The van der Waals surface area contributed by atoms with Crippen LogP contribution >= 0.6 is 0 Å². The van der Waals surface area contributed by atoms with E-state index in [2.05, 4.69) is 196 Å². The Morgan fingerprint density at radius 3 is 1.51 bits per heavy atom. The Labute approximate surface area is 288 Å². The molecule has 7 aromatic carbocycles. The Bertz CT molecular complexity index is 2250. The molecule has 1 aliphatic carbocycles. The molecule has 0 atom stereocenters. The number of benzene rings is 7. The maximum atomic E-state index is 6.61. The average Bonchev–Trinajstić information content (AvgIpc) is 3.43. The number of ether oxygens (including phenoxy) is 1. The summed E-state index contributed by atoms with van der Waals surface area (Å²) in [7, 11) is 0. The van der Waals surface area contributed by atoms with E-state index in [-0.39, 0.29) is 5.41 Å². The molecule has 0 N–H and O–H groups in total. The standard InChI is InChI=1S/C47H37NO/c1-46(2,3)33-30-38(32-26-28-36(29-27-32)48(34-16-6-4-7-17-34)35-18-8-5-9-19-35)45-37-20-10-11-21-39(37)47(42(45)31-33)40-22-12-14-24-43(40)49-44-25-15-13-23-41(44)47/h4-31H,1-3H3. The van der Waals surface area contributed by atoms with Gasteiger partial charge in [0.05, 0.1) is 5.41 Å². The third kappa shape index (κ3) is 4.48. The molecule has 9 rings (SSSR count). The van der Waals surface area contributed by atoms with Crippen molar-refractivity contribution in [2.45, 2.75) is 31.6 Å². The number of hydrogen-bond donors (Lipinski definition) is 0. The van der Waals surface area contributed by atoms with E-state index in [1.165, 1.54) is 50.1 Å². The van der Waals surface area contributed by atoms with E-state index in [1.54, 1.807) is 0 Å². The van der Waals surface area contributed by atoms with Crippen LogP contribution in [0.15, 0.2) is 170 Å². The van der Waals surface area contributed by atoms with Crippen LogP contribution in [0.1, 0.15) is 48.6 Å².